The first-order valence-electron chi connectivity index (χ1n) is 9.79. The first-order valence-corrected chi connectivity index (χ1v) is 9.79. The second-order valence-electron chi connectivity index (χ2n) is 6.83. The average molecular weight is 400 g/mol. The second kappa shape index (κ2) is 10.0. The van der Waals surface area contributed by atoms with Crippen LogP contribution in [-0.2, 0) is 9.53 Å². The Morgan fingerprint density at radius 3 is 2.69 bits per heavy atom. The number of hydrogen-bond donors (Lipinski definition) is 2. The van der Waals surface area contributed by atoms with Crippen molar-refractivity contribution >= 4 is 17.5 Å². The molecule has 2 amide bonds. The number of hydrogen-bond acceptors (Lipinski definition) is 4. The fourth-order valence-electron chi connectivity index (χ4n) is 3.13. The molecule has 2 aromatic carbocycles. The number of nitrogens with one attached hydrogen (secondary N) is 2. The molecule has 7 heteroatoms. The molecule has 0 unspecified atom stereocenters. The first kappa shape index (κ1) is 20.8. The van der Waals surface area contributed by atoms with Gasteiger partial charge in [0.1, 0.15) is 0 Å². The summed E-state index contributed by atoms with van der Waals surface area (Å²) in [6.45, 7) is 2.91. The van der Waals surface area contributed by atoms with Crippen molar-refractivity contribution in [2.24, 2.45) is 0 Å². The Balaban J connectivity index is 1.66. The topological polar surface area (TPSA) is 76.7 Å². The van der Waals surface area contributed by atoms with Crippen LogP contribution in [0.2, 0.25) is 0 Å². The minimum absolute atomic E-state index is 0.0112. The Labute approximate surface area is 169 Å². The van der Waals surface area contributed by atoms with Crippen LogP contribution in [0, 0.1) is 5.82 Å². The van der Waals surface area contributed by atoms with Crippen LogP contribution in [0.1, 0.15) is 36.5 Å². The number of benzene rings is 2. The number of amides is 2. The highest BCUT2D eigenvalue weighted by molar-refractivity contribution is 6.04. The predicted molar refractivity (Wildman–Crippen MR) is 107 cm³/mol. The van der Waals surface area contributed by atoms with Gasteiger partial charge in [0, 0.05) is 13.2 Å². The molecule has 1 fully saturated rings. The molecule has 0 aliphatic carbocycles. The van der Waals surface area contributed by atoms with Crippen LogP contribution in [-0.4, -0.2) is 37.2 Å². The highest BCUT2D eigenvalue weighted by atomic mass is 19.1. The lowest BCUT2D eigenvalue weighted by atomic mass is 10.1. The van der Waals surface area contributed by atoms with Crippen LogP contribution >= 0.6 is 0 Å². The third kappa shape index (κ3) is 5.54. The summed E-state index contributed by atoms with van der Waals surface area (Å²) < 4.78 is 24.9. The standard InChI is InChI=1S/C22H25FN2O4/c1-2-19(29-20-12-6-4-10-17(20)23)22(27)25-18-11-5-3-9-16(18)21(26)24-14-15-8-7-13-28-15/h3-6,9-12,15,19H,2,7-8,13-14H2,1H3,(H,24,26)(H,25,27)/t15-,19+/m1/s1. The maximum Gasteiger partial charge on any atom is 0.265 e. The van der Waals surface area contributed by atoms with E-state index < -0.39 is 17.8 Å². The minimum atomic E-state index is -0.894. The zero-order valence-electron chi connectivity index (χ0n) is 16.3. The van der Waals surface area contributed by atoms with Gasteiger partial charge in [-0.05, 0) is 43.5 Å². The third-order valence-corrected chi connectivity index (χ3v) is 4.71. The van der Waals surface area contributed by atoms with Gasteiger partial charge < -0.3 is 20.1 Å². The molecule has 2 atom stereocenters. The molecular formula is C22H25FN2O4. The van der Waals surface area contributed by atoms with Crippen molar-refractivity contribution in [3.05, 3.63) is 59.9 Å². The van der Waals surface area contributed by atoms with E-state index in [1.54, 1.807) is 43.3 Å². The fourth-order valence-corrected chi connectivity index (χ4v) is 3.13. The predicted octanol–water partition coefficient (Wildman–Crippen LogP) is 3.53. The van der Waals surface area contributed by atoms with E-state index in [1.165, 1.54) is 12.1 Å². The summed E-state index contributed by atoms with van der Waals surface area (Å²) in [5, 5.41) is 5.58. The molecule has 3 rings (SSSR count). The van der Waals surface area contributed by atoms with Crippen LogP contribution in [0.4, 0.5) is 10.1 Å². The smallest absolute Gasteiger partial charge is 0.265 e. The lowest BCUT2D eigenvalue weighted by Crippen LogP contribution is -2.35. The van der Waals surface area contributed by atoms with E-state index in [1.807, 2.05) is 0 Å². The minimum Gasteiger partial charge on any atom is -0.478 e. The molecule has 0 bridgehead atoms. The van der Waals surface area contributed by atoms with Gasteiger partial charge in [-0.15, -0.1) is 0 Å². The van der Waals surface area contributed by atoms with Crippen molar-refractivity contribution in [2.45, 2.75) is 38.4 Å². The van der Waals surface area contributed by atoms with Crippen molar-refractivity contribution in [3.63, 3.8) is 0 Å². The molecule has 1 aliphatic rings. The molecule has 0 radical (unpaired) electrons. The molecule has 2 aromatic rings. The highest BCUT2D eigenvalue weighted by Crippen LogP contribution is 2.20. The Morgan fingerprint density at radius 2 is 1.97 bits per heavy atom. The van der Waals surface area contributed by atoms with Crippen LogP contribution in [0.5, 0.6) is 5.75 Å². The highest BCUT2D eigenvalue weighted by Gasteiger charge is 2.23. The Bertz CT molecular complexity index is 852. The van der Waals surface area contributed by atoms with E-state index in [2.05, 4.69) is 10.6 Å². The maximum absolute atomic E-state index is 13.8. The van der Waals surface area contributed by atoms with Crippen molar-refractivity contribution < 1.29 is 23.5 Å². The summed E-state index contributed by atoms with van der Waals surface area (Å²) in [7, 11) is 0. The zero-order chi connectivity index (χ0) is 20.6. The lowest BCUT2D eigenvalue weighted by molar-refractivity contribution is -0.122. The van der Waals surface area contributed by atoms with E-state index in [0.717, 1.165) is 12.8 Å². The van der Waals surface area contributed by atoms with Gasteiger partial charge >= 0.3 is 0 Å². The number of rotatable bonds is 8. The van der Waals surface area contributed by atoms with Gasteiger partial charge in [-0.3, -0.25) is 9.59 Å². The number of ether oxygens (including phenoxy) is 2. The second-order valence-corrected chi connectivity index (χ2v) is 6.83. The largest absolute Gasteiger partial charge is 0.478 e. The maximum atomic E-state index is 13.8. The van der Waals surface area contributed by atoms with E-state index in [-0.39, 0.29) is 17.8 Å². The van der Waals surface area contributed by atoms with E-state index in [4.69, 9.17) is 9.47 Å². The molecule has 0 spiro atoms. The van der Waals surface area contributed by atoms with Gasteiger partial charge in [-0.25, -0.2) is 4.39 Å². The normalized spacial score (nSPS) is 16.8. The van der Waals surface area contributed by atoms with Crippen molar-refractivity contribution in [2.75, 3.05) is 18.5 Å². The van der Waals surface area contributed by atoms with E-state index in [9.17, 15) is 14.0 Å². The fraction of sp³-hybridized carbons (Fsp3) is 0.364. The molecule has 6 nitrogen and oxygen atoms in total. The van der Waals surface area contributed by atoms with Crippen molar-refractivity contribution in [1.29, 1.82) is 0 Å². The summed E-state index contributed by atoms with van der Waals surface area (Å²) >= 11 is 0. The Hall–Kier alpha value is -2.93. The first-order chi connectivity index (χ1) is 14.1. The zero-order valence-corrected chi connectivity index (χ0v) is 16.3. The Kier molecular flexibility index (Phi) is 7.19. The van der Waals surface area contributed by atoms with Gasteiger partial charge in [-0.2, -0.15) is 0 Å². The summed E-state index contributed by atoms with van der Waals surface area (Å²) in [6.07, 6.45) is 1.39. The number of carbonyl (C=O) groups excluding carboxylic acids is 2. The van der Waals surface area contributed by atoms with Crippen LogP contribution in [0.25, 0.3) is 0 Å². The molecule has 1 aliphatic heterocycles. The van der Waals surface area contributed by atoms with Crippen LogP contribution in [0.15, 0.2) is 48.5 Å². The van der Waals surface area contributed by atoms with Gasteiger partial charge in [0.2, 0.25) is 0 Å². The van der Waals surface area contributed by atoms with E-state index >= 15 is 0 Å². The van der Waals surface area contributed by atoms with Gasteiger partial charge in [0.25, 0.3) is 11.8 Å². The summed E-state index contributed by atoms with van der Waals surface area (Å²) in [4.78, 5) is 25.3. The quantitative estimate of drug-likeness (QED) is 0.711. The molecule has 29 heavy (non-hydrogen) atoms. The van der Waals surface area contributed by atoms with Crippen LogP contribution < -0.4 is 15.4 Å². The average Bonchev–Trinajstić information content (AvgIpc) is 3.25. The SMILES string of the molecule is CC[C@H](Oc1ccccc1F)C(=O)Nc1ccccc1C(=O)NC[C@H]1CCCO1. The molecular weight excluding hydrogens is 375 g/mol. The van der Waals surface area contributed by atoms with Crippen LogP contribution in [0.3, 0.4) is 0 Å². The van der Waals surface area contributed by atoms with E-state index in [0.29, 0.717) is 30.8 Å². The summed E-state index contributed by atoms with van der Waals surface area (Å²) in [6, 6.07) is 12.7. The number of halogens is 1. The number of para-hydroxylation sites is 2. The monoisotopic (exact) mass is 400 g/mol. The molecule has 0 aromatic heterocycles. The molecule has 1 saturated heterocycles. The lowest BCUT2D eigenvalue weighted by Gasteiger charge is -2.19. The van der Waals surface area contributed by atoms with Crippen molar-refractivity contribution in [1.82, 2.24) is 5.32 Å². The summed E-state index contributed by atoms with van der Waals surface area (Å²) in [5.74, 6) is -1.26. The molecule has 0 saturated carbocycles. The van der Waals surface area contributed by atoms with Gasteiger partial charge in [0.15, 0.2) is 17.7 Å². The Morgan fingerprint density at radius 1 is 1.21 bits per heavy atom. The van der Waals surface area contributed by atoms with Gasteiger partial charge in [-0.1, -0.05) is 31.2 Å². The number of anilines is 1. The molecule has 1 heterocycles. The van der Waals surface area contributed by atoms with Gasteiger partial charge in [0.05, 0.1) is 17.4 Å². The summed E-state index contributed by atoms with van der Waals surface area (Å²) in [5.41, 5.74) is 0.720. The molecule has 154 valence electrons. The van der Waals surface area contributed by atoms with Crippen molar-refractivity contribution in [3.8, 4) is 5.75 Å². The number of carbonyl (C=O) groups is 2. The third-order valence-electron chi connectivity index (χ3n) is 4.71. The molecule has 2 N–H and O–H groups in total.